The molecular weight excluding hydrogens is 382 g/mol. The quantitative estimate of drug-likeness (QED) is 0.562. The summed E-state index contributed by atoms with van der Waals surface area (Å²) in [6.45, 7) is 4.29. The average Bonchev–Trinajstić information content (AvgIpc) is 2.68. The van der Waals surface area contributed by atoms with Gasteiger partial charge in [-0.2, -0.15) is 4.31 Å². The van der Waals surface area contributed by atoms with E-state index in [1.807, 2.05) is 13.8 Å². The molecule has 1 aliphatic rings. The first kappa shape index (κ1) is 20.3. The molecule has 0 saturated carbocycles. The second-order valence-corrected chi connectivity index (χ2v) is 8.61. The number of nitrogens with zero attached hydrogens (tertiary/aromatic N) is 1. The molecule has 1 aliphatic heterocycles. The van der Waals surface area contributed by atoms with Crippen LogP contribution in [0.15, 0.2) is 53.4 Å². The summed E-state index contributed by atoms with van der Waals surface area (Å²) in [5, 5.41) is 0. The summed E-state index contributed by atoms with van der Waals surface area (Å²) in [5.74, 6) is 0.461. The van der Waals surface area contributed by atoms with Crippen molar-refractivity contribution in [3.05, 3.63) is 54.1 Å². The van der Waals surface area contributed by atoms with Crippen molar-refractivity contribution in [2.45, 2.75) is 31.0 Å². The molecule has 0 aliphatic carbocycles. The van der Waals surface area contributed by atoms with E-state index in [0.29, 0.717) is 24.6 Å². The minimum Gasteiger partial charge on any atom is -0.497 e. The summed E-state index contributed by atoms with van der Waals surface area (Å²) >= 11 is 0. The Labute approximate surface area is 164 Å². The fourth-order valence-electron chi connectivity index (χ4n) is 3.05. The number of benzene rings is 2. The molecule has 28 heavy (non-hydrogen) atoms. The highest BCUT2D eigenvalue weighted by atomic mass is 32.2. The lowest BCUT2D eigenvalue weighted by atomic mass is 10.2. The van der Waals surface area contributed by atoms with Gasteiger partial charge in [-0.25, -0.2) is 13.2 Å². The second kappa shape index (κ2) is 8.30. The molecule has 0 aromatic heterocycles. The van der Waals surface area contributed by atoms with Crippen LogP contribution in [0.3, 0.4) is 0 Å². The monoisotopic (exact) mass is 405 g/mol. The number of ether oxygens (including phenoxy) is 3. The Balaban J connectivity index is 1.72. The third-order valence-corrected chi connectivity index (χ3v) is 6.23. The van der Waals surface area contributed by atoms with E-state index in [9.17, 15) is 13.2 Å². The Morgan fingerprint density at radius 2 is 1.50 bits per heavy atom. The van der Waals surface area contributed by atoms with Gasteiger partial charge in [-0.05, 0) is 62.4 Å². The Morgan fingerprint density at radius 3 is 2.04 bits per heavy atom. The van der Waals surface area contributed by atoms with Gasteiger partial charge in [-0.1, -0.05) is 0 Å². The van der Waals surface area contributed by atoms with E-state index >= 15 is 0 Å². The van der Waals surface area contributed by atoms with Crippen molar-refractivity contribution in [1.82, 2.24) is 4.31 Å². The molecule has 1 heterocycles. The van der Waals surface area contributed by atoms with Crippen LogP contribution in [-0.4, -0.2) is 51.1 Å². The minimum atomic E-state index is -3.65. The van der Waals surface area contributed by atoms with Gasteiger partial charge in [0.2, 0.25) is 10.0 Å². The molecule has 3 rings (SSSR count). The summed E-state index contributed by atoms with van der Waals surface area (Å²) < 4.78 is 43.1. The van der Waals surface area contributed by atoms with Crippen LogP contribution in [0.5, 0.6) is 11.5 Å². The van der Waals surface area contributed by atoms with Crippen molar-refractivity contribution >= 4 is 16.0 Å². The molecular formula is C20H23NO6S. The first-order valence-electron chi connectivity index (χ1n) is 8.91. The zero-order chi connectivity index (χ0) is 20.3. The molecule has 0 radical (unpaired) electrons. The fraction of sp³-hybridized carbons (Fsp3) is 0.350. The molecule has 0 unspecified atom stereocenters. The van der Waals surface area contributed by atoms with Crippen molar-refractivity contribution < 1.29 is 27.4 Å². The summed E-state index contributed by atoms with van der Waals surface area (Å²) in [6, 6.07) is 12.4. The number of hydrogen-bond acceptors (Lipinski definition) is 6. The smallest absolute Gasteiger partial charge is 0.343 e. The molecule has 1 saturated heterocycles. The molecule has 8 heteroatoms. The average molecular weight is 405 g/mol. The third kappa shape index (κ3) is 4.52. The van der Waals surface area contributed by atoms with Crippen LogP contribution in [0.2, 0.25) is 0 Å². The van der Waals surface area contributed by atoms with Crippen LogP contribution in [0.1, 0.15) is 24.2 Å². The van der Waals surface area contributed by atoms with Gasteiger partial charge in [0, 0.05) is 13.1 Å². The van der Waals surface area contributed by atoms with Gasteiger partial charge >= 0.3 is 5.97 Å². The van der Waals surface area contributed by atoms with E-state index in [1.165, 1.54) is 28.6 Å². The van der Waals surface area contributed by atoms with E-state index < -0.39 is 16.0 Å². The van der Waals surface area contributed by atoms with E-state index in [4.69, 9.17) is 14.2 Å². The predicted octanol–water partition coefficient (Wildman–Crippen LogP) is 2.71. The Morgan fingerprint density at radius 1 is 0.964 bits per heavy atom. The van der Waals surface area contributed by atoms with Gasteiger partial charge in [0.05, 0.1) is 29.8 Å². The summed E-state index contributed by atoms with van der Waals surface area (Å²) in [6.07, 6.45) is -0.338. The lowest BCUT2D eigenvalue weighted by Crippen LogP contribution is -2.48. The van der Waals surface area contributed by atoms with Crippen molar-refractivity contribution in [1.29, 1.82) is 0 Å². The molecule has 0 spiro atoms. The number of carbonyl (C=O) groups is 1. The molecule has 0 bridgehead atoms. The first-order valence-corrected chi connectivity index (χ1v) is 10.4. The van der Waals surface area contributed by atoms with Crippen molar-refractivity contribution in [3.8, 4) is 11.5 Å². The maximum absolute atomic E-state index is 12.9. The lowest BCUT2D eigenvalue weighted by Gasteiger charge is -2.34. The normalized spacial score (nSPS) is 20.5. The highest BCUT2D eigenvalue weighted by molar-refractivity contribution is 7.89. The maximum Gasteiger partial charge on any atom is 0.343 e. The number of carbonyl (C=O) groups excluding carboxylic acids is 1. The zero-order valence-corrected chi connectivity index (χ0v) is 16.8. The molecule has 2 aromatic rings. The lowest BCUT2D eigenvalue weighted by molar-refractivity contribution is -0.0440. The second-order valence-electron chi connectivity index (χ2n) is 6.67. The van der Waals surface area contributed by atoms with E-state index in [2.05, 4.69) is 0 Å². The minimum absolute atomic E-state index is 0.134. The van der Waals surface area contributed by atoms with Gasteiger partial charge in [0.25, 0.3) is 0 Å². The van der Waals surface area contributed by atoms with Gasteiger partial charge in [0.1, 0.15) is 11.5 Å². The Hall–Kier alpha value is -2.42. The predicted molar refractivity (Wildman–Crippen MR) is 103 cm³/mol. The van der Waals surface area contributed by atoms with Crippen LogP contribution in [0.25, 0.3) is 0 Å². The summed E-state index contributed by atoms with van der Waals surface area (Å²) in [5.41, 5.74) is 0.262. The number of methoxy groups -OCH3 is 1. The van der Waals surface area contributed by atoms with Crippen LogP contribution in [0, 0.1) is 0 Å². The highest BCUT2D eigenvalue weighted by Crippen LogP contribution is 2.22. The Bertz CT molecular complexity index is 914. The van der Waals surface area contributed by atoms with E-state index in [-0.39, 0.29) is 22.7 Å². The number of sulfonamides is 1. The van der Waals surface area contributed by atoms with E-state index in [0.717, 1.165) is 0 Å². The van der Waals surface area contributed by atoms with Gasteiger partial charge in [-0.3, -0.25) is 0 Å². The molecule has 2 atom stereocenters. The highest BCUT2D eigenvalue weighted by Gasteiger charge is 2.32. The van der Waals surface area contributed by atoms with Crippen LogP contribution in [-0.2, 0) is 14.8 Å². The third-order valence-electron chi connectivity index (χ3n) is 4.38. The molecule has 0 N–H and O–H groups in total. The first-order chi connectivity index (χ1) is 13.3. The molecule has 150 valence electrons. The number of rotatable bonds is 5. The summed E-state index contributed by atoms with van der Waals surface area (Å²) in [4.78, 5) is 12.4. The van der Waals surface area contributed by atoms with Gasteiger partial charge in [0.15, 0.2) is 0 Å². The standard InChI is InChI=1S/C20H23NO6S/c1-14-12-21(13-15(2)26-14)28(23,24)19-10-4-16(5-11-19)20(22)27-18-8-6-17(25-3)7-9-18/h4-11,14-15H,12-13H2,1-3H3/t14-,15+. The van der Waals surface area contributed by atoms with Gasteiger partial charge < -0.3 is 14.2 Å². The molecule has 1 fully saturated rings. The number of morpholine rings is 1. The van der Waals surface area contributed by atoms with Gasteiger partial charge in [-0.15, -0.1) is 0 Å². The van der Waals surface area contributed by atoms with Crippen molar-refractivity contribution in [3.63, 3.8) is 0 Å². The largest absolute Gasteiger partial charge is 0.497 e. The van der Waals surface area contributed by atoms with Crippen LogP contribution >= 0.6 is 0 Å². The molecule has 7 nitrogen and oxygen atoms in total. The molecule has 0 amide bonds. The van der Waals surface area contributed by atoms with Crippen LogP contribution < -0.4 is 9.47 Å². The molecule has 2 aromatic carbocycles. The number of hydrogen-bond donors (Lipinski definition) is 0. The Kier molecular flexibility index (Phi) is 6.02. The van der Waals surface area contributed by atoms with Crippen LogP contribution in [0.4, 0.5) is 0 Å². The number of esters is 1. The summed E-state index contributed by atoms with van der Waals surface area (Å²) in [7, 11) is -2.10. The van der Waals surface area contributed by atoms with E-state index in [1.54, 1.807) is 31.4 Å². The zero-order valence-electron chi connectivity index (χ0n) is 16.0. The SMILES string of the molecule is COc1ccc(OC(=O)c2ccc(S(=O)(=O)N3C[C@@H](C)O[C@@H](C)C3)cc2)cc1. The van der Waals surface area contributed by atoms with Crippen molar-refractivity contribution in [2.24, 2.45) is 0 Å². The maximum atomic E-state index is 12.9. The van der Waals surface area contributed by atoms with Crippen molar-refractivity contribution in [2.75, 3.05) is 20.2 Å². The topological polar surface area (TPSA) is 82.1 Å². The fourth-order valence-corrected chi connectivity index (χ4v) is 4.64.